The fourth-order valence-electron chi connectivity index (χ4n) is 1.75. The molecule has 4 nitrogen and oxygen atoms in total. The molecular formula is C8H17NO3SSi. The highest BCUT2D eigenvalue weighted by Crippen LogP contribution is 2.19. The predicted octanol–water partition coefficient (Wildman–Crippen LogP) is 0.206. The van der Waals surface area contributed by atoms with Crippen LogP contribution in [0.4, 0.5) is 0 Å². The van der Waals surface area contributed by atoms with Crippen molar-refractivity contribution in [2.24, 2.45) is 0 Å². The van der Waals surface area contributed by atoms with Gasteiger partial charge in [-0.3, -0.25) is 4.90 Å². The molecule has 3 fully saturated rings. The Bertz CT molecular complexity index is 169. The summed E-state index contributed by atoms with van der Waals surface area (Å²) >= 11 is 1.75. The van der Waals surface area contributed by atoms with E-state index in [1.807, 2.05) is 0 Å². The summed E-state index contributed by atoms with van der Waals surface area (Å²) in [6.45, 7) is 5.34. The lowest BCUT2D eigenvalue weighted by molar-refractivity contribution is -0.00442. The van der Waals surface area contributed by atoms with Crippen molar-refractivity contribution in [3.8, 4) is 0 Å². The van der Waals surface area contributed by atoms with Gasteiger partial charge in [0.05, 0.1) is 25.2 Å². The van der Waals surface area contributed by atoms with Gasteiger partial charge in [0, 0.05) is 19.6 Å². The van der Waals surface area contributed by atoms with E-state index in [1.165, 1.54) is 0 Å². The van der Waals surface area contributed by atoms with Gasteiger partial charge in [0.15, 0.2) is 0 Å². The average Bonchev–Trinajstić information content (AvgIpc) is 2.06. The summed E-state index contributed by atoms with van der Waals surface area (Å²) in [6.07, 6.45) is 2.07. The smallest absolute Gasteiger partial charge is 0.372 e. The van der Waals surface area contributed by atoms with Crippen molar-refractivity contribution in [1.82, 2.24) is 4.90 Å². The second-order valence-electron chi connectivity index (χ2n) is 3.50. The first-order valence-electron chi connectivity index (χ1n) is 4.98. The Balaban J connectivity index is 2.04. The van der Waals surface area contributed by atoms with Crippen LogP contribution < -0.4 is 0 Å². The Morgan fingerprint density at radius 1 is 1.07 bits per heavy atom. The molecule has 6 heteroatoms. The molecule has 3 saturated heterocycles. The third-order valence-corrected chi connectivity index (χ3v) is 7.01. The maximum atomic E-state index is 5.81. The van der Waals surface area contributed by atoms with E-state index in [1.54, 1.807) is 11.8 Å². The van der Waals surface area contributed by atoms with Gasteiger partial charge in [-0.1, -0.05) is 0 Å². The third-order valence-electron chi connectivity index (χ3n) is 2.51. The van der Waals surface area contributed by atoms with E-state index in [0.717, 1.165) is 44.8 Å². The molecule has 3 aliphatic rings. The van der Waals surface area contributed by atoms with Crippen LogP contribution in [-0.4, -0.2) is 64.8 Å². The second-order valence-corrected chi connectivity index (χ2v) is 7.47. The first-order valence-corrected chi connectivity index (χ1v) is 8.30. The van der Waals surface area contributed by atoms with Gasteiger partial charge < -0.3 is 13.3 Å². The van der Waals surface area contributed by atoms with Crippen LogP contribution in [0.15, 0.2) is 0 Å². The number of hydrogen-bond donors (Lipinski definition) is 0. The summed E-state index contributed by atoms with van der Waals surface area (Å²) in [6, 6.07) is 0. The lowest BCUT2D eigenvalue weighted by Gasteiger charge is -2.37. The molecule has 0 aromatic rings. The Morgan fingerprint density at radius 2 is 1.57 bits per heavy atom. The van der Waals surface area contributed by atoms with Crippen LogP contribution >= 0.6 is 11.8 Å². The third kappa shape index (κ3) is 2.50. The molecule has 0 amide bonds. The average molecular weight is 235 g/mol. The molecule has 0 radical (unpaired) electrons. The molecule has 0 N–H and O–H groups in total. The molecule has 14 heavy (non-hydrogen) atoms. The largest absolute Gasteiger partial charge is 0.511 e. The summed E-state index contributed by atoms with van der Waals surface area (Å²) in [5, 5.41) is 0.882. The first kappa shape index (κ1) is 10.9. The summed E-state index contributed by atoms with van der Waals surface area (Å²) in [4.78, 5) is 2.33. The Kier molecular flexibility index (Phi) is 3.86. The standard InChI is InChI=1S/C8H17NO3SSi/c1-13-8-14-10-5-2-9(3-6-11-14)4-7-12-14/h2-8H2,1H3. The van der Waals surface area contributed by atoms with Gasteiger partial charge in [0.25, 0.3) is 0 Å². The molecule has 0 unspecified atom stereocenters. The van der Waals surface area contributed by atoms with E-state index in [2.05, 4.69) is 11.2 Å². The van der Waals surface area contributed by atoms with Crippen molar-refractivity contribution < 1.29 is 13.3 Å². The Hall–Kier alpha value is 0.407. The minimum atomic E-state index is -2.29. The Morgan fingerprint density at radius 3 is 2.00 bits per heavy atom. The monoisotopic (exact) mass is 235 g/mol. The highest BCUT2D eigenvalue weighted by Gasteiger charge is 2.43. The van der Waals surface area contributed by atoms with Crippen LogP contribution in [-0.2, 0) is 13.3 Å². The molecular weight excluding hydrogens is 218 g/mol. The van der Waals surface area contributed by atoms with Gasteiger partial charge in [-0.05, 0) is 6.26 Å². The summed E-state index contributed by atoms with van der Waals surface area (Å²) in [7, 11) is -2.29. The van der Waals surface area contributed by atoms with E-state index in [-0.39, 0.29) is 0 Å². The zero-order valence-electron chi connectivity index (χ0n) is 8.53. The van der Waals surface area contributed by atoms with Gasteiger partial charge in [0.2, 0.25) is 0 Å². The van der Waals surface area contributed by atoms with Gasteiger partial charge in [-0.2, -0.15) is 11.8 Å². The van der Waals surface area contributed by atoms with Crippen LogP contribution in [0.25, 0.3) is 0 Å². The minimum Gasteiger partial charge on any atom is -0.372 e. The summed E-state index contributed by atoms with van der Waals surface area (Å²) in [5.74, 6) is 0. The zero-order valence-corrected chi connectivity index (χ0v) is 10.3. The van der Waals surface area contributed by atoms with Gasteiger partial charge in [-0.15, -0.1) is 0 Å². The quantitative estimate of drug-likeness (QED) is 0.639. The molecule has 0 spiro atoms. The van der Waals surface area contributed by atoms with Crippen molar-refractivity contribution in [2.75, 3.05) is 51.1 Å². The molecule has 0 aromatic carbocycles. The van der Waals surface area contributed by atoms with Crippen molar-refractivity contribution in [3.63, 3.8) is 0 Å². The molecule has 0 atom stereocenters. The SMILES string of the molecule is CSC[Si]12OCCN(CCO1)CCO2. The topological polar surface area (TPSA) is 30.9 Å². The van der Waals surface area contributed by atoms with E-state index < -0.39 is 8.80 Å². The van der Waals surface area contributed by atoms with Crippen LogP contribution in [0.3, 0.4) is 0 Å². The number of hydrogen-bond acceptors (Lipinski definition) is 5. The van der Waals surface area contributed by atoms with E-state index in [0.29, 0.717) is 0 Å². The molecule has 0 saturated carbocycles. The molecule has 3 rings (SSSR count). The highest BCUT2D eigenvalue weighted by atomic mass is 32.2. The maximum Gasteiger partial charge on any atom is 0.511 e. The number of fused-ring (bicyclic) bond motifs is 6. The van der Waals surface area contributed by atoms with E-state index >= 15 is 0 Å². The van der Waals surface area contributed by atoms with Crippen molar-refractivity contribution in [1.29, 1.82) is 0 Å². The van der Waals surface area contributed by atoms with Gasteiger partial charge >= 0.3 is 8.80 Å². The lowest BCUT2D eigenvalue weighted by Crippen LogP contribution is -2.56. The fraction of sp³-hybridized carbons (Fsp3) is 1.00. The van der Waals surface area contributed by atoms with Gasteiger partial charge in [-0.25, -0.2) is 0 Å². The molecule has 3 heterocycles. The van der Waals surface area contributed by atoms with Crippen LogP contribution in [0.2, 0.25) is 0 Å². The predicted molar refractivity (Wildman–Crippen MR) is 58.4 cm³/mol. The van der Waals surface area contributed by atoms with Crippen molar-refractivity contribution >= 4 is 20.6 Å². The van der Waals surface area contributed by atoms with Crippen molar-refractivity contribution in [3.05, 3.63) is 0 Å². The number of nitrogens with zero attached hydrogens (tertiary/aromatic N) is 1. The highest BCUT2D eigenvalue weighted by molar-refractivity contribution is 8.00. The molecule has 3 aliphatic heterocycles. The Labute approximate surface area is 90.3 Å². The number of thioether (sulfide) groups is 1. The van der Waals surface area contributed by atoms with E-state index in [4.69, 9.17) is 13.3 Å². The molecule has 82 valence electrons. The van der Waals surface area contributed by atoms with E-state index in [9.17, 15) is 0 Å². The normalized spacial score (nSPS) is 38.8. The van der Waals surface area contributed by atoms with Crippen LogP contribution in [0.1, 0.15) is 0 Å². The lowest BCUT2D eigenvalue weighted by atomic mass is 10.4. The molecule has 0 aromatic heterocycles. The van der Waals surface area contributed by atoms with Crippen LogP contribution in [0.5, 0.6) is 0 Å². The van der Waals surface area contributed by atoms with Gasteiger partial charge in [0.1, 0.15) is 0 Å². The summed E-state index contributed by atoms with van der Waals surface area (Å²) < 4.78 is 17.4. The molecule has 2 bridgehead atoms. The van der Waals surface area contributed by atoms with Crippen LogP contribution in [0, 0.1) is 0 Å². The first-order chi connectivity index (χ1) is 6.85. The molecule has 0 aliphatic carbocycles. The maximum absolute atomic E-state index is 5.81. The zero-order chi connectivity index (χ0) is 9.86. The summed E-state index contributed by atoms with van der Waals surface area (Å²) in [5.41, 5.74) is 0. The number of rotatable bonds is 2. The van der Waals surface area contributed by atoms with Crippen molar-refractivity contribution in [2.45, 2.75) is 0 Å². The minimum absolute atomic E-state index is 0.757. The fourth-order valence-corrected chi connectivity index (χ4v) is 5.62. The second kappa shape index (κ2) is 4.96.